The second-order valence-electron chi connectivity index (χ2n) is 3.20. The molecule has 0 radical (unpaired) electrons. The maximum absolute atomic E-state index is 5.13. The van der Waals surface area contributed by atoms with Crippen molar-refractivity contribution in [3.05, 3.63) is 36.8 Å². The molecule has 0 aliphatic rings. The summed E-state index contributed by atoms with van der Waals surface area (Å²) < 4.78 is 5.13. The van der Waals surface area contributed by atoms with Crippen molar-refractivity contribution in [2.75, 3.05) is 0 Å². The molecular formula is C13H22O. The van der Waals surface area contributed by atoms with Gasteiger partial charge in [-0.05, 0) is 25.0 Å². The Morgan fingerprint density at radius 3 is 2.43 bits per heavy atom. The van der Waals surface area contributed by atoms with Gasteiger partial charge in [-0.1, -0.05) is 45.3 Å². The lowest BCUT2D eigenvalue weighted by Crippen LogP contribution is -1.67. The van der Waals surface area contributed by atoms with Gasteiger partial charge in [-0.15, -0.1) is 0 Å². The molecule has 0 fully saturated rings. The summed E-state index contributed by atoms with van der Waals surface area (Å²) in [5.41, 5.74) is 0. The zero-order chi connectivity index (χ0) is 10.5. The number of unbranched alkanes of at least 4 members (excludes halogenated alkanes) is 3. The molecule has 1 nitrogen and oxygen atoms in total. The number of hydrogen-bond acceptors (Lipinski definition) is 1. The summed E-state index contributed by atoms with van der Waals surface area (Å²) >= 11 is 0. The predicted octanol–water partition coefficient (Wildman–Crippen LogP) is 4.58. The highest BCUT2D eigenvalue weighted by molar-refractivity contribution is 5.00. The minimum Gasteiger partial charge on any atom is -0.473 e. The van der Waals surface area contributed by atoms with E-state index in [1.54, 1.807) is 12.5 Å². The van der Waals surface area contributed by atoms with Crippen molar-refractivity contribution in [3.8, 4) is 0 Å². The number of rotatable bonds is 8. The van der Waals surface area contributed by atoms with E-state index in [-0.39, 0.29) is 0 Å². The first kappa shape index (κ1) is 13.0. The fourth-order valence-electron chi connectivity index (χ4n) is 0.923. The molecule has 0 bridgehead atoms. The second kappa shape index (κ2) is 12.0. The van der Waals surface area contributed by atoms with Gasteiger partial charge in [-0.3, -0.25) is 0 Å². The number of allylic oxidation sites excluding steroid dienone is 4. The van der Waals surface area contributed by atoms with Gasteiger partial charge < -0.3 is 4.74 Å². The highest BCUT2D eigenvalue weighted by Crippen LogP contribution is 1.95. The maximum Gasteiger partial charge on any atom is 0.0901 e. The molecule has 0 amide bonds. The van der Waals surface area contributed by atoms with E-state index in [0.29, 0.717) is 0 Å². The van der Waals surface area contributed by atoms with Crippen LogP contribution in [-0.2, 0) is 4.74 Å². The zero-order valence-electron chi connectivity index (χ0n) is 9.41. The number of ether oxygens (including phenoxy) is 1. The standard InChI is InChI=1S/C13H22O/c1-3-5-7-8-9-11-13-14-12-10-6-4-2/h8-13H,3-7H2,1-2H3. The van der Waals surface area contributed by atoms with Gasteiger partial charge in [0.25, 0.3) is 0 Å². The monoisotopic (exact) mass is 194 g/mol. The van der Waals surface area contributed by atoms with Crippen LogP contribution in [0.1, 0.15) is 46.0 Å². The highest BCUT2D eigenvalue weighted by atomic mass is 16.5. The van der Waals surface area contributed by atoms with E-state index in [1.165, 1.54) is 19.3 Å². The lowest BCUT2D eigenvalue weighted by Gasteiger charge is -1.88. The average molecular weight is 194 g/mol. The Morgan fingerprint density at radius 1 is 0.857 bits per heavy atom. The first-order valence-electron chi connectivity index (χ1n) is 5.54. The van der Waals surface area contributed by atoms with Crippen molar-refractivity contribution < 1.29 is 4.74 Å². The van der Waals surface area contributed by atoms with Gasteiger partial charge in [0.1, 0.15) is 0 Å². The Balaban J connectivity index is 3.30. The molecule has 0 saturated carbocycles. The molecule has 0 spiro atoms. The van der Waals surface area contributed by atoms with Crippen LogP contribution in [0.25, 0.3) is 0 Å². The molecule has 0 aromatic heterocycles. The SMILES string of the molecule is CCCC=COC=CC=CCCCC. The molecule has 0 aromatic carbocycles. The molecule has 0 aliphatic carbocycles. The Morgan fingerprint density at radius 2 is 1.71 bits per heavy atom. The van der Waals surface area contributed by atoms with Crippen molar-refractivity contribution in [2.24, 2.45) is 0 Å². The van der Waals surface area contributed by atoms with E-state index in [9.17, 15) is 0 Å². The van der Waals surface area contributed by atoms with Crippen LogP contribution in [0.15, 0.2) is 36.8 Å². The van der Waals surface area contributed by atoms with E-state index in [0.717, 1.165) is 12.8 Å². The first-order chi connectivity index (χ1) is 6.91. The quantitative estimate of drug-likeness (QED) is 0.312. The van der Waals surface area contributed by atoms with E-state index >= 15 is 0 Å². The fraction of sp³-hybridized carbons (Fsp3) is 0.538. The third-order valence-electron chi connectivity index (χ3n) is 1.76. The van der Waals surface area contributed by atoms with Crippen LogP contribution in [0, 0.1) is 0 Å². The Bertz CT molecular complexity index is 178. The molecule has 0 aliphatic heterocycles. The minimum absolute atomic E-state index is 1.08. The topological polar surface area (TPSA) is 9.23 Å². The first-order valence-corrected chi connectivity index (χ1v) is 5.54. The van der Waals surface area contributed by atoms with Crippen molar-refractivity contribution in [2.45, 2.75) is 46.0 Å². The summed E-state index contributed by atoms with van der Waals surface area (Å²) in [6.07, 6.45) is 17.5. The smallest absolute Gasteiger partial charge is 0.0901 e. The lowest BCUT2D eigenvalue weighted by atomic mass is 10.2. The Hall–Kier alpha value is -0.980. The van der Waals surface area contributed by atoms with Crippen LogP contribution >= 0.6 is 0 Å². The molecule has 0 saturated heterocycles. The van der Waals surface area contributed by atoms with E-state index in [1.807, 2.05) is 18.2 Å². The van der Waals surface area contributed by atoms with E-state index in [4.69, 9.17) is 4.74 Å². The Labute approximate surface area is 88.2 Å². The van der Waals surface area contributed by atoms with Gasteiger partial charge in [-0.2, -0.15) is 0 Å². The molecule has 0 rings (SSSR count). The largest absolute Gasteiger partial charge is 0.473 e. The minimum atomic E-state index is 1.08. The average Bonchev–Trinajstić information content (AvgIpc) is 2.21. The van der Waals surface area contributed by atoms with Gasteiger partial charge >= 0.3 is 0 Å². The molecule has 0 aromatic rings. The maximum atomic E-state index is 5.13. The predicted molar refractivity (Wildman–Crippen MR) is 62.9 cm³/mol. The summed E-state index contributed by atoms with van der Waals surface area (Å²) in [7, 11) is 0. The van der Waals surface area contributed by atoms with Crippen LogP contribution in [0.5, 0.6) is 0 Å². The third-order valence-corrected chi connectivity index (χ3v) is 1.76. The second-order valence-corrected chi connectivity index (χ2v) is 3.20. The molecule has 80 valence electrons. The van der Waals surface area contributed by atoms with Crippen LogP contribution in [-0.4, -0.2) is 0 Å². The summed E-state index contributed by atoms with van der Waals surface area (Å²) in [5, 5.41) is 0. The molecule has 14 heavy (non-hydrogen) atoms. The summed E-state index contributed by atoms with van der Waals surface area (Å²) in [4.78, 5) is 0. The zero-order valence-corrected chi connectivity index (χ0v) is 9.41. The van der Waals surface area contributed by atoms with Crippen molar-refractivity contribution in [1.29, 1.82) is 0 Å². The van der Waals surface area contributed by atoms with E-state index < -0.39 is 0 Å². The van der Waals surface area contributed by atoms with E-state index in [2.05, 4.69) is 19.9 Å². The van der Waals surface area contributed by atoms with Gasteiger partial charge in [0.15, 0.2) is 0 Å². The fourth-order valence-corrected chi connectivity index (χ4v) is 0.923. The summed E-state index contributed by atoms with van der Waals surface area (Å²) in [6.45, 7) is 4.35. The molecule has 0 atom stereocenters. The molecule has 0 unspecified atom stereocenters. The van der Waals surface area contributed by atoms with Gasteiger partial charge in [0, 0.05) is 0 Å². The summed E-state index contributed by atoms with van der Waals surface area (Å²) in [6, 6.07) is 0. The third kappa shape index (κ3) is 11.0. The van der Waals surface area contributed by atoms with Crippen molar-refractivity contribution >= 4 is 0 Å². The highest BCUT2D eigenvalue weighted by Gasteiger charge is 1.75. The van der Waals surface area contributed by atoms with Crippen molar-refractivity contribution in [3.63, 3.8) is 0 Å². The normalized spacial score (nSPS) is 12.1. The van der Waals surface area contributed by atoms with Crippen LogP contribution in [0.3, 0.4) is 0 Å². The lowest BCUT2D eigenvalue weighted by molar-refractivity contribution is 0.400. The van der Waals surface area contributed by atoms with Crippen LogP contribution in [0.2, 0.25) is 0 Å². The van der Waals surface area contributed by atoms with Crippen LogP contribution in [0.4, 0.5) is 0 Å². The molecular weight excluding hydrogens is 172 g/mol. The van der Waals surface area contributed by atoms with Gasteiger partial charge in [0.05, 0.1) is 12.5 Å². The van der Waals surface area contributed by atoms with Crippen molar-refractivity contribution in [1.82, 2.24) is 0 Å². The van der Waals surface area contributed by atoms with Gasteiger partial charge in [0.2, 0.25) is 0 Å². The molecule has 1 heteroatoms. The number of hydrogen-bond donors (Lipinski definition) is 0. The summed E-state index contributed by atoms with van der Waals surface area (Å²) in [5.74, 6) is 0. The molecule has 0 N–H and O–H groups in total. The van der Waals surface area contributed by atoms with Gasteiger partial charge in [-0.25, -0.2) is 0 Å². The van der Waals surface area contributed by atoms with Crippen LogP contribution < -0.4 is 0 Å². The molecule has 0 heterocycles. The Kier molecular flexibility index (Phi) is 11.2.